The maximum Gasteiger partial charge on any atom is 0.333 e. The number of ether oxygens (including phenoxy) is 1. The van der Waals surface area contributed by atoms with Crippen molar-refractivity contribution in [3.05, 3.63) is 35.9 Å². The van der Waals surface area contributed by atoms with Gasteiger partial charge in [0.05, 0.1) is 6.61 Å². The summed E-state index contributed by atoms with van der Waals surface area (Å²) in [6.07, 6.45) is 0.180. The molecule has 6 nitrogen and oxygen atoms in total. The molecule has 0 heterocycles. The van der Waals surface area contributed by atoms with Crippen LogP contribution in [0.5, 0.6) is 0 Å². The van der Waals surface area contributed by atoms with Crippen LogP contribution in [0.15, 0.2) is 30.3 Å². The SMILES string of the molecule is CCCNC(=O)NNC(=O)[C@@H](C)OCc1ccccc1. The molecule has 0 saturated carbocycles. The van der Waals surface area contributed by atoms with Gasteiger partial charge in [-0.2, -0.15) is 0 Å². The van der Waals surface area contributed by atoms with E-state index in [1.165, 1.54) is 0 Å². The number of nitrogens with one attached hydrogen (secondary N) is 3. The molecule has 0 saturated heterocycles. The van der Waals surface area contributed by atoms with Crippen LogP contribution in [-0.4, -0.2) is 24.6 Å². The summed E-state index contributed by atoms with van der Waals surface area (Å²) in [6, 6.07) is 9.13. The fourth-order valence-corrected chi connectivity index (χ4v) is 1.37. The molecule has 3 amide bonds. The lowest BCUT2D eigenvalue weighted by Gasteiger charge is -2.14. The number of hydrogen-bond acceptors (Lipinski definition) is 3. The zero-order valence-electron chi connectivity index (χ0n) is 11.8. The van der Waals surface area contributed by atoms with Gasteiger partial charge in [-0.25, -0.2) is 10.2 Å². The first-order valence-corrected chi connectivity index (χ1v) is 6.62. The first-order valence-electron chi connectivity index (χ1n) is 6.62. The van der Waals surface area contributed by atoms with Crippen molar-refractivity contribution in [1.82, 2.24) is 16.2 Å². The van der Waals surface area contributed by atoms with E-state index in [0.717, 1.165) is 12.0 Å². The van der Waals surface area contributed by atoms with E-state index < -0.39 is 18.0 Å². The summed E-state index contributed by atoms with van der Waals surface area (Å²) in [5.74, 6) is -0.396. The van der Waals surface area contributed by atoms with Gasteiger partial charge in [0.2, 0.25) is 0 Å². The fraction of sp³-hybridized carbons (Fsp3) is 0.429. The van der Waals surface area contributed by atoms with Gasteiger partial charge in [-0.3, -0.25) is 10.2 Å². The minimum absolute atomic E-state index is 0.345. The van der Waals surface area contributed by atoms with Crippen LogP contribution in [0.1, 0.15) is 25.8 Å². The molecule has 1 aromatic rings. The highest BCUT2D eigenvalue weighted by Crippen LogP contribution is 2.03. The Labute approximate surface area is 118 Å². The number of hydrogen-bond donors (Lipinski definition) is 3. The second kappa shape index (κ2) is 8.92. The molecule has 0 radical (unpaired) electrons. The van der Waals surface area contributed by atoms with Crippen LogP contribution >= 0.6 is 0 Å². The number of amides is 3. The number of urea groups is 1. The summed E-state index contributed by atoms with van der Waals surface area (Å²) in [5.41, 5.74) is 5.55. The Kier molecular flexibility index (Phi) is 7.13. The molecule has 0 aromatic heterocycles. The molecule has 1 atom stereocenters. The van der Waals surface area contributed by atoms with Gasteiger partial charge in [0.15, 0.2) is 0 Å². The summed E-state index contributed by atoms with van der Waals surface area (Å²) >= 11 is 0. The molecular formula is C14H21N3O3. The molecule has 0 bridgehead atoms. The Morgan fingerprint density at radius 2 is 1.90 bits per heavy atom. The van der Waals surface area contributed by atoms with Crippen molar-refractivity contribution in [3.63, 3.8) is 0 Å². The first-order chi connectivity index (χ1) is 9.63. The van der Waals surface area contributed by atoms with Crippen LogP contribution < -0.4 is 16.2 Å². The second-order valence-corrected chi connectivity index (χ2v) is 4.31. The van der Waals surface area contributed by atoms with Gasteiger partial charge < -0.3 is 10.1 Å². The van der Waals surface area contributed by atoms with Crippen molar-refractivity contribution in [3.8, 4) is 0 Å². The monoisotopic (exact) mass is 279 g/mol. The second-order valence-electron chi connectivity index (χ2n) is 4.31. The zero-order chi connectivity index (χ0) is 14.8. The van der Waals surface area contributed by atoms with E-state index in [1.54, 1.807) is 6.92 Å². The Morgan fingerprint density at radius 3 is 2.55 bits per heavy atom. The molecule has 20 heavy (non-hydrogen) atoms. The fourth-order valence-electron chi connectivity index (χ4n) is 1.37. The third-order valence-corrected chi connectivity index (χ3v) is 2.55. The molecule has 1 rings (SSSR count). The van der Waals surface area contributed by atoms with E-state index in [0.29, 0.717) is 13.2 Å². The van der Waals surface area contributed by atoms with Gasteiger partial charge in [0, 0.05) is 6.54 Å². The van der Waals surface area contributed by atoms with Crippen molar-refractivity contribution in [1.29, 1.82) is 0 Å². The summed E-state index contributed by atoms with van der Waals surface area (Å²) in [7, 11) is 0. The molecule has 6 heteroatoms. The number of rotatable bonds is 6. The van der Waals surface area contributed by atoms with Crippen LogP contribution in [0.3, 0.4) is 0 Å². The van der Waals surface area contributed by atoms with Crippen LogP contribution in [0, 0.1) is 0 Å². The molecule has 0 unspecified atom stereocenters. The predicted octanol–water partition coefficient (Wildman–Crippen LogP) is 1.33. The maximum absolute atomic E-state index is 11.7. The topological polar surface area (TPSA) is 79.5 Å². The number of benzene rings is 1. The lowest BCUT2D eigenvalue weighted by atomic mass is 10.2. The minimum Gasteiger partial charge on any atom is -0.364 e. The Hall–Kier alpha value is -2.08. The standard InChI is InChI=1S/C14H21N3O3/c1-3-9-15-14(19)17-16-13(18)11(2)20-10-12-7-5-4-6-8-12/h4-8,11H,3,9-10H2,1-2H3,(H,16,18)(H2,15,17,19)/t11-/m1/s1. The molecule has 110 valence electrons. The maximum atomic E-state index is 11.7. The Morgan fingerprint density at radius 1 is 1.20 bits per heavy atom. The van der Waals surface area contributed by atoms with Crippen LogP contribution in [0.25, 0.3) is 0 Å². The quantitative estimate of drug-likeness (QED) is 0.687. The van der Waals surface area contributed by atoms with Gasteiger partial charge in [-0.15, -0.1) is 0 Å². The van der Waals surface area contributed by atoms with Gasteiger partial charge in [0.1, 0.15) is 6.10 Å². The van der Waals surface area contributed by atoms with Crippen molar-refractivity contribution in [2.75, 3.05) is 6.54 Å². The molecule has 0 aliphatic heterocycles. The van der Waals surface area contributed by atoms with E-state index in [9.17, 15) is 9.59 Å². The van der Waals surface area contributed by atoms with Crippen LogP contribution in [0.2, 0.25) is 0 Å². The largest absolute Gasteiger partial charge is 0.364 e. The molecular weight excluding hydrogens is 258 g/mol. The molecule has 1 aromatic carbocycles. The highest BCUT2D eigenvalue weighted by molar-refractivity contribution is 5.83. The number of carbonyl (C=O) groups is 2. The summed E-state index contributed by atoms with van der Waals surface area (Å²) in [5, 5.41) is 2.58. The van der Waals surface area contributed by atoms with Crippen LogP contribution in [0.4, 0.5) is 4.79 Å². The minimum atomic E-state index is -0.651. The molecule has 3 N–H and O–H groups in total. The van der Waals surface area contributed by atoms with Crippen molar-refractivity contribution in [2.24, 2.45) is 0 Å². The third kappa shape index (κ3) is 6.19. The summed E-state index contributed by atoms with van der Waals surface area (Å²) in [4.78, 5) is 22.9. The van der Waals surface area contributed by atoms with Crippen molar-refractivity contribution in [2.45, 2.75) is 33.0 Å². The van der Waals surface area contributed by atoms with Gasteiger partial charge in [-0.05, 0) is 18.9 Å². The Bertz CT molecular complexity index is 423. The highest BCUT2D eigenvalue weighted by atomic mass is 16.5. The normalized spacial score (nSPS) is 11.5. The predicted molar refractivity (Wildman–Crippen MR) is 75.7 cm³/mol. The lowest BCUT2D eigenvalue weighted by Crippen LogP contribution is -2.50. The molecule has 0 aliphatic carbocycles. The van der Waals surface area contributed by atoms with E-state index in [2.05, 4.69) is 16.2 Å². The average molecular weight is 279 g/mol. The van der Waals surface area contributed by atoms with E-state index >= 15 is 0 Å². The van der Waals surface area contributed by atoms with Crippen molar-refractivity contribution >= 4 is 11.9 Å². The van der Waals surface area contributed by atoms with E-state index in [-0.39, 0.29) is 0 Å². The van der Waals surface area contributed by atoms with Gasteiger partial charge in [0.25, 0.3) is 5.91 Å². The van der Waals surface area contributed by atoms with Gasteiger partial charge >= 0.3 is 6.03 Å². The van der Waals surface area contributed by atoms with Crippen molar-refractivity contribution < 1.29 is 14.3 Å². The lowest BCUT2D eigenvalue weighted by molar-refractivity contribution is -0.133. The molecule has 0 fully saturated rings. The van der Waals surface area contributed by atoms with Crippen LogP contribution in [-0.2, 0) is 16.1 Å². The van der Waals surface area contributed by atoms with Gasteiger partial charge in [-0.1, -0.05) is 37.3 Å². The summed E-state index contributed by atoms with van der Waals surface area (Å²) in [6.45, 7) is 4.47. The first kappa shape index (κ1) is 16.0. The zero-order valence-corrected chi connectivity index (χ0v) is 11.8. The molecule has 0 spiro atoms. The third-order valence-electron chi connectivity index (χ3n) is 2.55. The van der Waals surface area contributed by atoms with E-state index in [1.807, 2.05) is 37.3 Å². The van der Waals surface area contributed by atoms with E-state index in [4.69, 9.17) is 4.74 Å². The Balaban J connectivity index is 2.24. The highest BCUT2D eigenvalue weighted by Gasteiger charge is 2.13. The number of carbonyl (C=O) groups excluding carboxylic acids is 2. The molecule has 0 aliphatic rings. The number of hydrazine groups is 1. The average Bonchev–Trinajstić information content (AvgIpc) is 2.49. The smallest absolute Gasteiger partial charge is 0.333 e. The summed E-state index contributed by atoms with van der Waals surface area (Å²) < 4.78 is 5.42.